The number of ketones is 1. The Balaban J connectivity index is 0.00000385. The molecule has 0 spiro atoms. The van der Waals surface area contributed by atoms with Crippen molar-refractivity contribution < 1.29 is 18.0 Å². The number of aryl methyl sites for hydroxylation is 2. The Kier molecular flexibility index (Phi) is 8.97. The maximum absolute atomic E-state index is 12.7. The Morgan fingerprint density at radius 2 is 1.82 bits per heavy atom. The van der Waals surface area contributed by atoms with Gasteiger partial charge in [0, 0.05) is 31.0 Å². The summed E-state index contributed by atoms with van der Waals surface area (Å²) >= 11 is 1.36. The second-order valence-electron chi connectivity index (χ2n) is 7.59. The van der Waals surface area contributed by atoms with Gasteiger partial charge in [-0.15, -0.1) is 28.3 Å². The molecule has 0 atom stereocenters. The fraction of sp³-hybridized carbons (Fsp3) is 0.292. The molecule has 0 amide bonds. The number of aromatic nitrogens is 1. The van der Waals surface area contributed by atoms with Crippen molar-refractivity contribution in [3.63, 3.8) is 0 Å². The fourth-order valence-electron chi connectivity index (χ4n) is 3.05. The normalized spacial score (nSPS) is 11.5. The number of rotatable bonds is 7. The van der Waals surface area contributed by atoms with Crippen LogP contribution in [-0.2, 0) is 12.6 Å². The zero-order valence-electron chi connectivity index (χ0n) is 18.7. The summed E-state index contributed by atoms with van der Waals surface area (Å²) in [6, 6.07) is 8.31. The molecule has 0 bridgehead atoms. The van der Waals surface area contributed by atoms with E-state index in [0.29, 0.717) is 6.42 Å². The third-order valence-electron chi connectivity index (χ3n) is 5.15. The van der Waals surface area contributed by atoms with E-state index >= 15 is 0 Å². The maximum Gasteiger partial charge on any atom is 0.416 e. The molecule has 0 aliphatic heterocycles. The van der Waals surface area contributed by atoms with E-state index in [4.69, 9.17) is 0 Å². The predicted molar refractivity (Wildman–Crippen MR) is 132 cm³/mol. The van der Waals surface area contributed by atoms with Gasteiger partial charge >= 0.3 is 6.18 Å². The van der Waals surface area contributed by atoms with Crippen LogP contribution in [0.25, 0.3) is 0 Å². The van der Waals surface area contributed by atoms with Gasteiger partial charge in [0.1, 0.15) is 5.69 Å². The number of nitrogens with zero attached hydrogens (tertiary/aromatic N) is 3. The van der Waals surface area contributed by atoms with Crippen molar-refractivity contribution in [2.24, 2.45) is 4.99 Å². The number of benzene rings is 2. The molecule has 33 heavy (non-hydrogen) atoms. The molecule has 0 unspecified atom stereocenters. The van der Waals surface area contributed by atoms with Gasteiger partial charge in [-0.1, -0.05) is 18.2 Å². The molecule has 0 radical (unpaired) electrons. The first-order valence-corrected chi connectivity index (χ1v) is 11.0. The second-order valence-corrected chi connectivity index (χ2v) is 8.53. The molecule has 0 fully saturated rings. The first-order chi connectivity index (χ1) is 15.1. The van der Waals surface area contributed by atoms with E-state index in [0.717, 1.165) is 46.1 Å². The number of aliphatic imine (C=N–C) groups is 1. The Morgan fingerprint density at radius 1 is 1.15 bits per heavy atom. The molecule has 3 rings (SSSR count). The van der Waals surface area contributed by atoms with Gasteiger partial charge in [-0.3, -0.25) is 4.79 Å². The molecule has 4 nitrogen and oxygen atoms in total. The summed E-state index contributed by atoms with van der Waals surface area (Å²) in [7, 11) is 1.96. The predicted octanol–water partition coefficient (Wildman–Crippen LogP) is 6.79. The minimum Gasteiger partial charge on any atom is -0.366 e. The van der Waals surface area contributed by atoms with Crippen LogP contribution in [0.4, 0.5) is 18.9 Å². The lowest BCUT2D eigenvalue weighted by molar-refractivity contribution is -0.137. The van der Waals surface area contributed by atoms with E-state index < -0.39 is 11.7 Å². The summed E-state index contributed by atoms with van der Waals surface area (Å²) < 4.78 is 38.2. The molecule has 9 heteroatoms. The quantitative estimate of drug-likeness (QED) is 0.188. The lowest BCUT2D eigenvalue weighted by Crippen LogP contribution is -2.14. The largest absolute Gasteiger partial charge is 0.416 e. The van der Waals surface area contributed by atoms with Crippen LogP contribution in [0.5, 0.6) is 0 Å². The standard InChI is InChI=1S/C24H24F3N3OS.BrH/c1-5-30(4)14-28-20-11-15(2)18(10-16(20)3)12-22-29-21(13-32-22)23(31)17-6-8-19(9-7-17)24(25,26)27;/h6-11,13-14H,5,12H2,1-4H3;1H/b28-14-;. The molecule has 3 aromatic rings. The number of hydrogen-bond donors (Lipinski definition) is 0. The molecule has 2 aromatic carbocycles. The summed E-state index contributed by atoms with van der Waals surface area (Å²) in [6.45, 7) is 6.94. The molecule has 176 valence electrons. The van der Waals surface area contributed by atoms with E-state index in [1.165, 1.54) is 23.5 Å². The number of halogens is 4. The van der Waals surface area contributed by atoms with E-state index in [9.17, 15) is 18.0 Å². The second kappa shape index (κ2) is 11.1. The van der Waals surface area contributed by atoms with Gasteiger partial charge in [0.25, 0.3) is 0 Å². The number of hydrogen-bond acceptors (Lipinski definition) is 4. The maximum atomic E-state index is 12.7. The summed E-state index contributed by atoms with van der Waals surface area (Å²) in [5.41, 5.74) is 3.76. The topological polar surface area (TPSA) is 45.6 Å². The summed E-state index contributed by atoms with van der Waals surface area (Å²) in [6.07, 6.45) is -2.06. The highest BCUT2D eigenvalue weighted by Gasteiger charge is 2.30. The highest BCUT2D eigenvalue weighted by Crippen LogP contribution is 2.30. The molecular weight excluding hydrogens is 515 g/mol. The fourth-order valence-corrected chi connectivity index (χ4v) is 3.85. The van der Waals surface area contributed by atoms with Crippen LogP contribution in [-0.4, -0.2) is 35.6 Å². The number of carbonyl (C=O) groups is 1. The zero-order chi connectivity index (χ0) is 23.5. The van der Waals surface area contributed by atoms with Crippen molar-refractivity contribution in [2.75, 3.05) is 13.6 Å². The summed E-state index contributed by atoms with van der Waals surface area (Å²) in [5.74, 6) is -0.390. The smallest absolute Gasteiger partial charge is 0.366 e. The van der Waals surface area contributed by atoms with Crippen LogP contribution < -0.4 is 0 Å². The highest BCUT2D eigenvalue weighted by molar-refractivity contribution is 8.93. The van der Waals surface area contributed by atoms with E-state index in [1.54, 1.807) is 11.7 Å². The first kappa shape index (κ1) is 26.7. The molecule has 0 N–H and O–H groups in total. The Labute approximate surface area is 206 Å². The van der Waals surface area contributed by atoms with Gasteiger partial charge in [0.15, 0.2) is 0 Å². The summed E-state index contributed by atoms with van der Waals surface area (Å²) in [4.78, 5) is 23.6. The van der Waals surface area contributed by atoms with Gasteiger partial charge < -0.3 is 4.90 Å². The Bertz CT molecular complexity index is 1140. The third kappa shape index (κ3) is 6.74. The molecule has 0 aliphatic carbocycles. The van der Waals surface area contributed by atoms with Crippen LogP contribution >= 0.6 is 28.3 Å². The Morgan fingerprint density at radius 3 is 2.42 bits per heavy atom. The van der Waals surface area contributed by atoms with E-state index in [1.807, 2.05) is 31.9 Å². The lowest BCUT2D eigenvalue weighted by Gasteiger charge is -2.11. The minimum absolute atomic E-state index is 0. The SMILES string of the molecule is Br.CCN(C)/C=N\c1cc(C)c(Cc2nc(C(=O)c3ccc(C(F)(F)F)cc3)cs2)cc1C. The zero-order valence-corrected chi connectivity index (χ0v) is 21.3. The van der Waals surface area contributed by atoms with Crippen molar-refractivity contribution in [1.29, 1.82) is 0 Å². The van der Waals surface area contributed by atoms with Gasteiger partial charge in [0.2, 0.25) is 5.78 Å². The molecule has 1 heterocycles. The van der Waals surface area contributed by atoms with Crippen molar-refractivity contribution >= 4 is 46.1 Å². The first-order valence-electron chi connectivity index (χ1n) is 10.1. The number of thiazole rings is 1. The van der Waals surface area contributed by atoms with Crippen LogP contribution in [0.15, 0.2) is 46.8 Å². The third-order valence-corrected chi connectivity index (χ3v) is 6.00. The average Bonchev–Trinajstić information content (AvgIpc) is 3.22. The molecule has 0 saturated carbocycles. The van der Waals surface area contributed by atoms with Crippen LogP contribution in [0.1, 0.15) is 50.2 Å². The van der Waals surface area contributed by atoms with Gasteiger partial charge in [-0.05, 0) is 55.7 Å². The van der Waals surface area contributed by atoms with E-state index in [2.05, 4.69) is 23.0 Å². The van der Waals surface area contributed by atoms with Gasteiger partial charge in [-0.2, -0.15) is 13.2 Å². The summed E-state index contributed by atoms with van der Waals surface area (Å²) in [5, 5.41) is 2.42. The molecule has 1 aromatic heterocycles. The monoisotopic (exact) mass is 539 g/mol. The van der Waals surface area contributed by atoms with E-state index in [-0.39, 0.29) is 34.0 Å². The molecular formula is C24H25BrF3N3OS. The number of carbonyl (C=O) groups excluding carboxylic acids is 1. The van der Waals surface area contributed by atoms with Crippen molar-refractivity contribution in [1.82, 2.24) is 9.88 Å². The van der Waals surface area contributed by atoms with Gasteiger partial charge in [-0.25, -0.2) is 9.98 Å². The van der Waals surface area contributed by atoms with Crippen molar-refractivity contribution in [2.45, 2.75) is 33.4 Å². The van der Waals surface area contributed by atoms with Crippen molar-refractivity contribution in [3.8, 4) is 0 Å². The van der Waals surface area contributed by atoms with Crippen molar-refractivity contribution in [3.05, 3.63) is 80.3 Å². The minimum atomic E-state index is -4.43. The highest BCUT2D eigenvalue weighted by atomic mass is 79.9. The van der Waals surface area contributed by atoms with Crippen LogP contribution in [0.3, 0.4) is 0 Å². The average molecular weight is 540 g/mol. The van der Waals surface area contributed by atoms with Crippen LogP contribution in [0.2, 0.25) is 0 Å². The number of alkyl halides is 3. The molecule has 0 saturated heterocycles. The lowest BCUT2D eigenvalue weighted by atomic mass is 10.0. The molecule has 0 aliphatic rings. The Hall–Kier alpha value is -2.52. The van der Waals surface area contributed by atoms with Crippen LogP contribution in [0, 0.1) is 13.8 Å². The van der Waals surface area contributed by atoms with Gasteiger partial charge in [0.05, 0.1) is 22.6 Å².